The number of carboxylic acids is 1. The number of aryl methyl sites for hydroxylation is 1. The summed E-state index contributed by atoms with van der Waals surface area (Å²) in [7, 11) is 0. The van der Waals surface area contributed by atoms with Gasteiger partial charge in [-0.25, -0.2) is 9.18 Å². The smallest absolute Gasteiger partial charge is 0.339 e. The van der Waals surface area contributed by atoms with Crippen LogP contribution in [0.15, 0.2) is 52.3 Å². The molecule has 2 heterocycles. The Hall–Kier alpha value is -3.16. The van der Waals surface area contributed by atoms with E-state index < -0.39 is 17.7 Å². The maximum atomic E-state index is 14.5. The number of hydrogen-bond donors (Lipinski definition) is 2. The summed E-state index contributed by atoms with van der Waals surface area (Å²) >= 11 is 7.09. The highest BCUT2D eigenvalue weighted by molar-refractivity contribution is 7.14. The molecule has 2 N–H and O–H groups in total. The number of aromatic carboxylic acids is 1. The van der Waals surface area contributed by atoms with Crippen LogP contribution in [0, 0.1) is 12.7 Å². The van der Waals surface area contributed by atoms with Crippen LogP contribution < -0.4 is 5.32 Å². The van der Waals surface area contributed by atoms with Crippen LogP contribution in [0.1, 0.15) is 26.5 Å². The summed E-state index contributed by atoms with van der Waals surface area (Å²) in [4.78, 5) is 24.6. The van der Waals surface area contributed by atoms with Crippen molar-refractivity contribution in [1.82, 2.24) is 0 Å². The van der Waals surface area contributed by atoms with Gasteiger partial charge in [-0.1, -0.05) is 29.8 Å². The van der Waals surface area contributed by atoms with Crippen molar-refractivity contribution in [2.24, 2.45) is 0 Å². The predicted molar refractivity (Wildman–Crippen MR) is 111 cm³/mol. The molecule has 0 bridgehead atoms. The number of carbonyl (C=O) groups is 2. The number of nitrogens with one attached hydrogen (secondary N) is 1. The second-order valence-corrected chi connectivity index (χ2v) is 7.63. The van der Waals surface area contributed by atoms with Gasteiger partial charge in [-0.05, 0) is 36.8 Å². The van der Waals surface area contributed by atoms with Gasteiger partial charge in [-0.3, -0.25) is 4.79 Å². The van der Waals surface area contributed by atoms with Crippen molar-refractivity contribution in [3.63, 3.8) is 0 Å². The Morgan fingerprint density at radius 3 is 2.69 bits per heavy atom. The largest absolute Gasteiger partial charge is 0.478 e. The third-order valence-electron chi connectivity index (χ3n) is 4.40. The molecule has 2 aromatic carbocycles. The molecule has 0 saturated heterocycles. The van der Waals surface area contributed by atoms with Gasteiger partial charge in [0.25, 0.3) is 5.91 Å². The summed E-state index contributed by atoms with van der Waals surface area (Å²) in [6, 6.07) is 11.3. The van der Waals surface area contributed by atoms with E-state index in [4.69, 9.17) is 16.0 Å². The van der Waals surface area contributed by atoms with Crippen LogP contribution in [0.2, 0.25) is 5.02 Å². The van der Waals surface area contributed by atoms with Gasteiger partial charge in [-0.2, -0.15) is 0 Å². The van der Waals surface area contributed by atoms with Gasteiger partial charge in [0.1, 0.15) is 17.0 Å². The van der Waals surface area contributed by atoms with Crippen LogP contribution in [0.5, 0.6) is 0 Å². The van der Waals surface area contributed by atoms with Crippen LogP contribution in [0.3, 0.4) is 0 Å². The highest BCUT2D eigenvalue weighted by Gasteiger charge is 2.24. The number of furan rings is 1. The first-order chi connectivity index (χ1) is 13.8. The SMILES string of the molecule is Cc1cc(F)c(-c2scc(NC(=O)c3cc4ccccc4o3)c2C(=O)O)cc1Cl. The minimum atomic E-state index is -1.29. The second kappa shape index (κ2) is 7.35. The number of rotatable bonds is 4. The number of thiophene rings is 1. The van der Waals surface area contributed by atoms with Crippen molar-refractivity contribution in [3.05, 3.63) is 75.6 Å². The van der Waals surface area contributed by atoms with Gasteiger partial charge >= 0.3 is 5.97 Å². The Balaban J connectivity index is 1.73. The molecule has 8 heteroatoms. The minimum Gasteiger partial charge on any atom is -0.478 e. The lowest BCUT2D eigenvalue weighted by Gasteiger charge is -2.07. The van der Waals surface area contributed by atoms with E-state index in [1.165, 1.54) is 17.5 Å². The number of carboxylic acid groups (broad SMARTS) is 1. The minimum absolute atomic E-state index is 0.0415. The molecule has 0 fully saturated rings. The molecule has 2 aromatic heterocycles. The number of amides is 1. The zero-order chi connectivity index (χ0) is 20.7. The van der Waals surface area contributed by atoms with E-state index in [9.17, 15) is 19.1 Å². The summed E-state index contributed by atoms with van der Waals surface area (Å²) in [5.74, 6) is -2.45. The van der Waals surface area contributed by atoms with Crippen LogP contribution in [-0.2, 0) is 0 Å². The zero-order valence-electron chi connectivity index (χ0n) is 15.0. The van der Waals surface area contributed by atoms with Crippen molar-refractivity contribution in [2.45, 2.75) is 6.92 Å². The van der Waals surface area contributed by atoms with Gasteiger partial charge < -0.3 is 14.8 Å². The third-order valence-corrected chi connectivity index (χ3v) is 5.82. The molecule has 0 unspecified atom stereocenters. The van der Waals surface area contributed by atoms with Crippen LogP contribution in [-0.4, -0.2) is 17.0 Å². The van der Waals surface area contributed by atoms with Gasteiger partial charge in [0.15, 0.2) is 5.76 Å². The number of carbonyl (C=O) groups excluding carboxylic acids is 1. The van der Waals surface area contributed by atoms with Crippen molar-refractivity contribution in [2.75, 3.05) is 5.32 Å². The molecule has 1 amide bonds. The molecule has 0 aliphatic heterocycles. The number of hydrogen-bond acceptors (Lipinski definition) is 4. The van der Waals surface area contributed by atoms with Gasteiger partial charge in [0.05, 0.1) is 10.6 Å². The molecule has 4 rings (SSSR count). The highest BCUT2D eigenvalue weighted by atomic mass is 35.5. The Morgan fingerprint density at radius 1 is 1.21 bits per heavy atom. The number of benzene rings is 2. The lowest BCUT2D eigenvalue weighted by Crippen LogP contribution is -2.13. The quantitative estimate of drug-likeness (QED) is 0.404. The van der Waals surface area contributed by atoms with Gasteiger partial charge in [0.2, 0.25) is 0 Å². The average molecular weight is 430 g/mol. The summed E-state index contributed by atoms with van der Waals surface area (Å²) < 4.78 is 20.0. The molecule has 0 aliphatic rings. The fraction of sp³-hybridized carbons (Fsp3) is 0.0476. The summed E-state index contributed by atoms with van der Waals surface area (Å²) in [5.41, 5.74) is 0.989. The van der Waals surface area contributed by atoms with Crippen molar-refractivity contribution < 1.29 is 23.5 Å². The summed E-state index contributed by atoms with van der Waals surface area (Å²) in [6.07, 6.45) is 0. The molecule has 0 radical (unpaired) electrons. The molecule has 146 valence electrons. The van der Waals surface area contributed by atoms with E-state index in [2.05, 4.69) is 5.32 Å². The predicted octanol–water partition coefficient (Wildman–Crippen LogP) is 6.21. The topological polar surface area (TPSA) is 79.5 Å². The van der Waals surface area contributed by atoms with Gasteiger partial charge in [-0.15, -0.1) is 11.3 Å². The van der Waals surface area contributed by atoms with Gasteiger partial charge in [0, 0.05) is 21.4 Å². The number of halogens is 2. The lowest BCUT2D eigenvalue weighted by molar-refractivity contribution is 0.0699. The molecule has 0 aliphatic carbocycles. The zero-order valence-corrected chi connectivity index (χ0v) is 16.5. The van der Waals surface area contributed by atoms with E-state index in [0.29, 0.717) is 16.2 Å². The first-order valence-corrected chi connectivity index (χ1v) is 9.71. The van der Waals surface area contributed by atoms with E-state index in [1.807, 2.05) is 6.07 Å². The normalized spacial score (nSPS) is 11.0. The summed E-state index contributed by atoms with van der Waals surface area (Å²) in [6.45, 7) is 1.65. The van der Waals surface area contributed by atoms with E-state index in [-0.39, 0.29) is 27.5 Å². The number of fused-ring (bicyclic) bond motifs is 1. The van der Waals surface area contributed by atoms with Crippen LogP contribution in [0.25, 0.3) is 21.4 Å². The average Bonchev–Trinajstić information content (AvgIpc) is 3.28. The molecule has 5 nitrogen and oxygen atoms in total. The Morgan fingerprint density at radius 2 is 1.97 bits per heavy atom. The van der Waals surface area contributed by atoms with Crippen molar-refractivity contribution >= 4 is 51.5 Å². The maximum absolute atomic E-state index is 14.5. The lowest BCUT2D eigenvalue weighted by atomic mass is 10.1. The monoisotopic (exact) mass is 429 g/mol. The van der Waals surface area contributed by atoms with Crippen molar-refractivity contribution in [3.8, 4) is 10.4 Å². The number of para-hydroxylation sites is 1. The Labute approximate surface area is 173 Å². The van der Waals surface area contributed by atoms with E-state index >= 15 is 0 Å². The molecule has 4 aromatic rings. The fourth-order valence-electron chi connectivity index (χ4n) is 2.96. The Bertz CT molecular complexity index is 1240. The van der Waals surface area contributed by atoms with Crippen molar-refractivity contribution in [1.29, 1.82) is 0 Å². The first kappa shape index (κ1) is 19.2. The molecule has 29 heavy (non-hydrogen) atoms. The highest BCUT2D eigenvalue weighted by Crippen LogP contribution is 2.39. The molecule has 0 saturated carbocycles. The van der Waals surface area contributed by atoms with E-state index in [1.54, 1.807) is 31.2 Å². The molecular formula is C21H13ClFNO4S. The summed E-state index contributed by atoms with van der Waals surface area (Å²) in [5, 5.41) is 14.8. The fourth-order valence-corrected chi connectivity index (χ4v) is 4.13. The molecule has 0 spiro atoms. The molecule has 0 atom stereocenters. The standard InChI is InChI=1S/C21H13ClFNO4S/c1-10-6-14(23)12(8-13(10)22)19-18(21(26)27)15(9-29-19)24-20(25)17-7-11-4-2-3-5-16(11)28-17/h2-9H,1H3,(H,24,25)(H,26,27). The molecular weight excluding hydrogens is 417 g/mol. The first-order valence-electron chi connectivity index (χ1n) is 8.46. The third kappa shape index (κ3) is 3.50. The maximum Gasteiger partial charge on any atom is 0.339 e. The number of anilines is 1. The second-order valence-electron chi connectivity index (χ2n) is 6.34. The van der Waals surface area contributed by atoms with E-state index in [0.717, 1.165) is 16.7 Å². The van der Waals surface area contributed by atoms with Crippen LogP contribution in [0.4, 0.5) is 10.1 Å². The van der Waals surface area contributed by atoms with Crippen LogP contribution >= 0.6 is 22.9 Å². The Kier molecular flexibility index (Phi) is 4.86.